The fourth-order valence-corrected chi connectivity index (χ4v) is 1.51. The molecule has 0 bridgehead atoms. The standard InChI is InChI=1S/C11H11F3N2O3/c1-16(5-9(17)18)6-2-3-7(10(15)19)8(4-6)11(12,13)14/h2-4H,5H2,1H3,(H2,15,19)(H,17,18). The largest absolute Gasteiger partial charge is 0.480 e. The molecule has 0 fully saturated rings. The predicted molar refractivity (Wildman–Crippen MR) is 60.9 cm³/mol. The average Bonchev–Trinajstić information content (AvgIpc) is 2.25. The van der Waals surface area contributed by atoms with Crippen LogP contribution in [0.1, 0.15) is 15.9 Å². The Morgan fingerprint density at radius 1 is 1.37 bits per heavy atom. The van der Waals surface area contributed by atoms with Gasteiger partial charge in [0.25, 0.3) is 0 Å². The van der Waals surface area contributed by atoms with Crippen LogP contribution in [-0.2, 0) is 11.0 Å². The SMILES string of the molecule is CN(CC(=O)O)c1ccc(C(N)=O)c(C(F)(F)F)c1. The van der Waals surface area contributed by atoms with Gasteiger partial charge in [-0.25, -0.2) is 0 Å². The van der Waals surface area contributed by atoms with Gasteiger partial charge < -0.3 is 15.7 Å². The molecule has 1 aromatic carbocycles. The van der Waals surface area contributed by atoms with Gasteiger partial charge in [-0.05, 0) is 18.2 Å². The molecular formula is C11H11F3N2O3. The summed E-state index contributed by atoms with van der Waals surface area (Å²) in [6, 6.07) is 2.83. The van der Waals surface area contributed by atoms with Crippen molar-refractivity contribution in [3.05, 3.63) is 29.3 Å². The van der Waals surface area contributed by atoms with Crippen LogP contribution >= 0.6 is 0 Å². The minimum atomic E-state index is -4.75. The van der Waals surface area contributed by atoms with E-state index in [0.717, 1.165) is 11.0 Å². The second kappa shape index (κ2) is 5.17. The molecule has 0 radical (unpaired) electrons. The van der Waals surface area contributed by atoms with E-state index in [2.05, 4.69) is 0 Å². The van der Waals surface area contributed by atoms with Crippen LogP contribution in [0.15, 0.2) is 18.2 Å². The maximum atomic E-state index is 12.8. The molecule has 0 unspecified atom stereocenters. The molecule has 104 valence electrons. The van der Waals surface area contributed by atoms with E-state index in [1.165, 1.54) is 13.1 Å². The number of anilines is 1. The molecule has 5 nitrogen and oxygen atoms in total. The number of nitrogens with zero attached hydrogens (tertiary/aromatic N) is 1. The molecule has 1 rings (SSSR count). The van der Waals surface area contributed by atoms with Gasteiger partial charge in [0.1, 0.15) is 6.54 Å². The van der Waals surface area contributed by atoms with E-state index in [9.17, 15) is 22.8 Å². The number of nitrogens with two attached hydrogens (primary N) is 1. The van der Waals surface area contributed by atoms with E-state index < -0.39 is 35.7 Å². The first kappa shape index (κ1) is 14.8. The number of likely N-dealkylation sites (N-methyl/N-ethyl adjacent to an activating group) is 1. The number of carboxylic acids is 1. The fourth-order valence-electron chi connectivity index (χ4n) is 1.51. The van der Waals surface area contributed by atoms with Crippen LogP contribution in [0.4, 0.5) is 18.9 Å². The summed E-state index contributed by atoms with van der Waals surface area (Å²) in [6.07, 6.45) is -4.75. The zero-order chi connectivity index (χ0) is 14.8. The van der Waals surface area contributed by atoms with Crippen molar-refractivity contribution in [3.63, 3.8) is 0 Å². The van der Waals surface area contributed by atoms with E-state index in [0.29, 0.717) is 6.07 Å². The van der Waals surface area contributed by atoms with Gasteiger partial charge >= 0.3 is 12.1 Å². The number of carboxylic acid groups (broad SMARTS) is 1. The highest BCUT2D eigenvalue weighted by Crippen LogP contribution is 2.34. The molecule has 3 N–H and O–H groups in total. The van der Waals surface area contributed by atoms with Gasteiger partial charge in [0.2, 0.25) is 5.91 Å². The summed E-state index contributed by atoms with van der Waals surface area (Å²) in [4.78, 5) is 22.6. The van der Waals surface area contributed by atoms with Crippen molar-refractivity contribution in [3.8, 4) is 0 Å². The number of carbonyl (C=O) groups is 2. The van der Waals surface area contributed by atoms with Gasteiger partial charge in [0.05, 0.1) is 11.1 Å². The lowest BCUT2D eigenvalue weighted by molar-refractivity contribution is -0.138. The summed E-state index contributed by atoms with van der Waals surface area (Å²) in [6.45, 7) is -0.465. The van der Waals surface area contributed by atoms with Crippen LogP contribution in [0.25, 0.3) is 0 Å². The normalized spacial score (nSPS) is 11.2. The molecule has 0 saturated carbocycles. The first-order chi connectivity index (χ1) is 8.62. The summed E-state index contributed by atoms with van der Waals surface area (Å²) in [5, 5.41) is 8.58. The van der Waals surface area contributed by atoms with Gasteiger partial charge in [-0.1, -0.05) is 0 Å². The number of rotatable bonds is 4. The second-order valence-electron chi connectivity index (χ2n) is 3.84. The lowest BCUT2D eigenvalue weighted by Gasteiger charge is -2.19. The highest BCUT2D eigenvalue weighted by atomic mass is 19.4. The van der Waals surface area contributed by atoms with Crippen LogP contribution < -0.4 is 10.6 Å². The number of amides is 1. The van der Waals surface area contributed by atoms with Gasteiger partial charge in [0.15, 0.2) is 0 Å². The minimum Gasteiger partial charge on any atom is -0.480 e. The first-order valence-corrected chi connectivity index (χ1v) is 5.07. The molecule has 0 heterocycles. The Kier molecular flexibility index (Phi) is 4.03. The summed E-state index contributed by atoms with van der Waals surface area (Å²) in [7, 11) is 1.33. The molecule has 1 amide bonds. The Hall–Kier alpha value is -2.25. The molecule has 0 atom stereocenters. The lowest BCUT2D eigenvalue weighted by Crippen LogP contribution is -2.26. The zero-order valence-corrected chi connectivity index (χ0v) is 9.86. The van der Waals surface area contributed by atoms with Crippen molar-refractivity contribution >= 4 is 17.6 Å². The average molecular weight is 276 g/mol. The lowest BCUT2D eigenvalue weighted by atomic mass is 10.1. The minimum absolute atomic E-state index is 0.0275. The van der Waals surface area contributed by atoms with Crippen LogP contribution in [0.5, 0.6) is 0 Å². The van der Waals surface area contributed by atoms with Crippen molar-refractivity contribution in [1.29, 1.82) is 0 Å². The maximum absolute atomic E-state index is 12.8. The van der Waals surface area contributed by atoms with Gasteiger partial charge in [-0.3, -0.25) is 9.59 Å². The van der Waals surface area contributed by atoms with Crippen LogP contribution in [0.3, 0.4) is 0 Å². The molecule has 19 heavy (non-hydrogen) atoms. The summed E-state index contributed by atoms with van der Waals surface area (Å²) < 4.78 is 38.3. The van der Waals surface area contributed by atoms with Crippen molar-refractivity contribution in [2.24, 2.45) is 5.73 Å². The number of primary amides is 1. The smallest absolute Gasteiger partial charge is 0.417 e. The second-order valence-corrected chi connectivity index (χ2v) is 3.84. The summed E-state index contributed by atoms with van der Waals surface area (Å²) in [5.41, 5.74) is 3.06. The zero-order valence-electron chi connectivity index (χ0n) is 9.86. The van der Waals surface area contributed by atoms with E-state index in [4.69, 9.17) is 10.8 Å². The third-order valence-electron chi connectivity index (χ3n) is 2.39. The third-order valence-corrected chi connectivity index (χ3v) is 2.39. The third kappa shape index (κ3) is 3.60. The number of hydrogen-bond acceptors (Lipinski definition) is 3. The number of aliphatic carboxylic acids is 1. The van der Waals surface area contributed by atoms with E-state index in [1.807, 2.05) is 0 Å². The summed E-state index contributed by atoms with van der Waals surface area (Å²) >= 11 is 0. The van der Waals surface area contributed by atoms with Gasteiger partial charge in [-0.15, -0.1) is 0 Å². The monoisotopic (exact) mass is 276 g/mol. The predicted octanol–water partition coefficient (Wildman–Crippen LogP) is 1.33. The number of benzene rings is 1. The molecule has 0 aliphatic rings. The molecule has 0 spiro atoms. The maximum Gasteiger partial charge on any atom is 0.417 e. The molecule has 0 aliphatic carbocycles. The molecular weight excluding hydrogens is 265 g/mol. The quantitative estimate of drug-likeness (QED) is 0.868. The number of alkyl halides is 3. The van der Waals surface area contributed by atoms with Crippen LogP contribution in [0, 0.1) is 0 Å². The van der Waals surface area contributed by atoms with Crippen LogP contribution in [-0.4, -0.2) is 30.6 Å². The molecule has 0 saturated heterocycles. The Labute approximate surface area is 106 Å². The fraction of sp³-hybridized carbons (Fsp3) is 0.273. The highest BCUT2D eigenvalue weighted by Gasteiger charge is 2.35. The van der Waals surface area contributed by atoms with Crippen LogP contribution in [0.2, 0.25) is 0 Å². The summed E-state index contributed by atoms with van der Waals surface area (Å²) in [5.74, 6) is -2.38. The Balaban J connectivity index is 3.26. The van der Waals surface area contributed by atoms with Gasteiger partial charge in [-0.2, -0.15) is 13.2 Å². The Morgan fingerprint density at radius 2 is 1.95 bits per heavy atom. The Morgan fingerprint density at radius 3 is 2.37 bits per heavy atom. The number of halogens is 3. The van der Waals surface area contributed by atoms with Gasteiger partial charge in [0, 0.05) is 12.7 Å². The molecule has 0 aromatic heterocycles. The van der Waals surface area contributed by atoms with E-state index >= 15 is 0 Å². The topological polar surface area (TPSA) is 83.6 Å². The highest BCUT2D eigenvalue weighted by molar-refractivity contribution is 5.95. The van der Waals surface area contributed by atoms with E-state index in [-0.39, 0.29) is 5.69 Å². The number of carbonyl (C=O) groups excluding carboxylic acids is 1. The molecule has 1 aromatic rings. The van der Waals surface area contributed by atoms with E-state index in [1.54, 1.807) is 0 Å². The molecule has 0 aliphatic heterocycles. The van der Waals surface area contributed by atoms with Crippen molar-refractivity contribution in [2.45, 2.75) is 6.18 Å². The Bertz CT molecular complexity index is 514. The van der Waals surface area contributed by atoms with Crippen molar-refractivity contribution in [1.82, 2.24) is 0 Å². The van der Waals surface area contributed by atoms with Crippen molar-refractivity contribution in [2.75, 3.05) is 18.5 Å². The first-order valence-electron chi connectivity index (χ1n) is 5.07. The van der Waals surface area contributed by atoms with Crippen molar-refractivity contribution < 1.29 is 27.9 Å². The molecule has 8 heteroatoms. The number of hydrogen-bond donors (Lipinski definition) is 2.